The molecule has 1 amide bonds. The standard InChI is InChI=1S/C26H25N3O4S2/c1-17-5-4-14-29(16-17)35(32,33)20-11-8-18(9-12-20)25(31)27-19-10-13-21(23(30)15-19)26-28-22-6-2-3-7-24(22)34-26/h2-3,6-13,15,17,30H,4-5,14,16H2,1H3,(H,27,31)/t17-/m0/s1. The number of carbonyl (C=O) groups excluding carboxylic acids is 1. The fourth-order valence-electron chi connectivity index (χ4n) is 4.27. The lowest BCUT2D eigenvalue weighted by molar-refractivity contribution is 0.102. The first-order chi connectivity index (χ1) is 16.8. The molecule has 0 radical (unpaired) electrons. The summed E-state index contributed by atoms with van der Waals surface area (Å²) in [6, 6.07) is 18.6. The minimum absolute atomic E-state index is 0.0130. The van der Waals surface area contributed by atoms with Gasteiger partial charge in [-0.3, -0.25) is 4.79 Å². The summed E-state index contributed by atoms with van der Waals surface area (Å²) in [7, 11) is -3.58. The van der Waals surface area contributed by atoms with Gasteiger partial charge in [0.05, 0.1) is 20.7 Å². The number of carbonyl (C=O) groups is 1. The van der Waals surface area contributed by atoms with Gasteiger partial charge in [0, 0.05) is 30.4 Å². The van der Waals surface area contributed by atoms with Crippen LogP contribution in [0.1, 0.15) is 30.1 Å². The Bertz CT molecular complexity index is 1460. The smallest absolute Gasteiger partial charge is 0.255 e. The number of piperidine rings is 1. The number of para-hydroxylation sites is 1. The summed E-state index contributed by atoms with van der Waals surface area (Å²) in [6.45, 7) is 3.09. The van der Waals surface area contributed by atoms with Gasteiger partial charge in [-0.05, 0) is 67.3 Å². The third kappa shape index (κ3) is 4.80. The molecule has 35 heavy (non-hydrogen) atoms. The molecule has 1 aliphatic heterocycles. The van der Waals surface area contributed by atoms with Crippen molar-refractivity contribution >= 4 is 43.2 Å². The third-order valence-corrected chi connectivity index (χ3v) is 9.10. The predicted octanol–water partition coefficient (Wildman–Crippen LogP) is 5.34. The molecule has 1 aliphatic rings. The van der Waals surface area contributed by atoms with Crippen molar-refractivity contribution < 1.29 is 18.3 Å². The normalized spacial score (nSPS) is 16.9. The number of hydrogen-bond acceptors (Lipinski definition) is 6. The lowest BCUT2D eigenvalue weighted by Crippen LogP contribution is -2.39. The zero-order valence-corrected chi connectivity index (χ0v) is 20.8. The van der Waals surface area contributed by atoms with Crippen molar-refractivity contribution in [3.63, 3.8) is 0 Å². The number of benzene rings is 3. The zero-order valence-electron chi connectivity index (χ0n) is 19.1. The van der Waals surface area contributed by atoms with Crippen LogP contribution in [0.4, 0.5) is 5.69 Å². The van der Waals surface area contributed by atoms with Gasteiger partial charge in [-0.15, -0.1) is 11.3 Å². The van der Waals surface area contributed by atoms with Gasteiger partial charge in [-0.25, -0.2) is 13.4 Å². The van der Waals surface area contributed by atoms with Gasteiger partial charge in [0.2, 0.25) is 10.0 Å². The van der Waals surface area contributed by atoms with Crippen LogP contribution in [0.5, 0.6) is 5.75 Å². The Morgan fingerprint density at radius 1 is 1.11 bits per heavy atom. The van der Waals surface area contributed by atoms with E-state index in [0.29, 0.717) is 40.8 Å². The molecule has 0 aliphatic carbocycles. The molecule has 180 valence electrons. The maximum atomic E-state index is 12.9. The molecule has 1 atom stereocenters. The van der Waals surface area contributed by atoms with Gasteiger partial charge >= 0.3 is 0 Å². The van der Waals surface area contributed by atoms with Crippen molar-refractivity contribution in [2.45, 2.75) is 24.7 Å². The third-order valence-electron chi connectivity index (χ3n) is 6.15. The SMILES string of the molecule is C[C@H]1CCCN(S(=O)(=O)c2ccc(C(=O)Nc3ccc(-c4nc5ccccc5s4)c(O)c3)cc2)C1. The summed E-state index contributed by atoms with van der Waals surface area (Å²) in [4.78, 5) is 17.5. The van der Waals surface area contributed by atoms with Crippen LogP contribution < -0.4 is 5.32 Å². The van der Waals surface area contributed by atoms with E-state index in [1.165, 1.54) is 46.0 Å². The molecule has 1 aromatic heterocycles. The highest BCUT2D eigenvalue weighted by molar-refractivity contribution is 7.89. The Kier molecular flexibility index (Phi) is 6.31. The number of amides is 1. The van der Waals surface area contributed by atoms with Crippen LogP contribution in [0.25, 0.3) is 20.8 Å². The van der Waals surface area contributed by atoms with Crippen molar-refractivity contribution in [3.8, 4) is 16.3 Å². The second-order valence-corrected chi connectivity index (χ2v) is 11.8. The molecule has 0 bridgehead atoms. The summed E-state index contributed by atoms with van der Waals surface area (Å²) in [6.07, 6.45) is 1.88. The minimum Gasteiger partial charge on any atom is -0.507 e. The average Bonchev–Trinajstić information content (AvgIpc) is 3.28. The topological polar surface area (TPSA) is 99.6 Å². The van der Waals surface area contributed by atoms with E-state index in [9.17, 15) is 18.3 Å². The molecule has 0 unspecified atom stereocenters. The zero-order chi connectivity index (χ0) is 24.6. The van der Waals surface area contributed by atoms with E-state index in [-0.39, 0.29) is 10.6 Å². The monoisotopic (exact) mass is 507 g/mol. The van der Waals surface area contributed by atoms with Gasteiger partial charge in [0.1, 0.15) is 10.8 Å². The average molecular weight is 508 g/mol. The molecule has 1 fully saturated rings. The first kappa shape index (κ1) is 23.5. The quantitative estimate of drug-likeness (QED) is 0.380. The number of aromatic nitrogens is 1. The Balaban J connectivity index is 1.30. The maximum Gasteiger partial charge on any atom is 0.255 e. The largest absolute Gasteiger partial charge is 0.507 e. The van der Waals surface area contributed by atoms with Crippen molar-refractivity contribution in [1.82, 2.24) is 9.29 Å². The number of nitrogens with zero attached hydrogens (tertiary/aromatic N) is 2. The summed E-state index contributed by atoms with van der Waals surface area (Å²) in [5.74, 6) is -0.0484. The summed E-state index contributed by atoms with van der Waals surface area (Å²) >= 11 is 1.48. The van der Waals surface area contributed by atoms with Crippen molar-refractivity contribution in [2.24, 2.45) is 5.92 Å². The highest BCUT2D eigenvalue weighted by atomic mass is 32.2. The number of sulfonamides is 1. The number of phenolic OH excluding ortho intramolecular Hbond substituents is 1. The molecule has 4 aromatic rings. The second-order valence-electron chi connectivity index (χ2n) is 8.81. The van der Waals surface area contributed by atoms with Crippen LogP contribution in [-0.4, -0.2) is 41.8 Å². The van der Waals surface area contributed by atoms with Gasteiger partial charge in [-0.2, -0.15) is 4.31 Å². The Morgan fingerprint density at radius 3 is 2.60 bits per heavy atom. The first-order valence-electron chi connectivity index (χ1n) is 11.4. The number of nitrogens with one attached hydrogen (secondary N) is 1. The number of aromatic hydroxyl groups is 1. The van der Waals surface area contributed by atoms with E-state index in [1.54, 1.807) is 12.1 Å². The minimum atomic E-state index is -3.58. The van der Waals surface area contributed by atoms with Crippen LogP contribution in [0.2, 0.25) is 0 Å². The lowest BCUT2D eigenvalue weighted by atomic mass is 10.0. The fraction of sp³-hybridized carbons (Fsp3) is 0.231. The number of phenols is 1. The molecule has 1 saturated heterocycles. The maximum absolute atomic E-state index is 12.9. The van der Waals surface area contributed by atoms with Crippen LogP contribution in [0.15, 0.2) is 71.6 Å². The Hall–Kier alpha value is -3.27. The first-order valence-corrected chi connectivity index (χ1v) is 13.7. The lowest BCUT2D eigenvalue weighted by Gasteiger charge is -2.30. The molecule has 2 heterocycles. The molecular formula is C26H25N3O4S2. The highest BCUT2D eigenvalue weighted by Crippen LogP contribution is 2.36. The molecule has 5 rings (SSSR count). The van der Waals surface area contributed by atoms with Crippen molar-refractivity contribution in [1.29, 1.82) is 0 Å². The number of anilines is 1. The number of thiazole rings is 1. The summed E-state index contributed by atoms with van der Waals surface area (Å²) < 4.78 is 28.4. The van der Waals surface area contributed by atoms with E-state index in [0.717, 1.165) is 23.1 Å². The van der Waals surface area contributed by atoms with E-state index in [1.807, 2.05) is 24.3 Å². The van der Waals surface area contributed by atoms with Gasteiger partial charge in [0.25, 0.3) is 5.91 Å². The molecule has 2 N–H and O–H groups in total. The Labute approximate surface area is 208 Å². The molecule has 0 saturated carbocycles. The molecule has 9 heteroatoms. The highest BCUT2D eigenvalue weighted by Gasteiger charge is 2.28. The van der Waals surface area contributed by atoms with E-state index in [4.69, 9.17) is 0 Å². The fourth-order valence-corrected chi connectivity index (χ4v) is 6.87. The van der Waals surface area contributed by atoms with Gasteiger partial charge in [-0.1, -0.05) is 19.1 Å². The second kappa shape index (κ2) is 9.41. The van der Waals surface area contributed by atoms with Crippen LogP contribution in [-0.2, 0) is 10.0 Å². The van der Waals surface area contributed by atoms with Crippen LogP contribution in [0.3, 0.4) is 0 Å². The van der Waals surface area contributed by atoms with E-state index < -0.39 is 15.9 Å². The molecule has 0 spiro atoms. The predicted molar refractivity (Wildman–Crippen MR) is 138 cm³/mol. The molecular weight excluding hydrogens is 482 g/mol. The van der Waals surface area contributed by atoms with Crippen molar-refractivity contribution in [2.75, 3.05) is 18.4 Å². The summed E-state index contributed by atoms with van der Waals surface area (Å²) in [5.41, 5.74) is 2.21. The number of rotatable bonds is 5. The molecule has 3 aromatic carbocycles. The van der Waals surface area contributed by atoms with Crippen LogP contribution in [0, 0.1) is 5.92 Å². The van der Waals surface area contributed by atoms with Crippen LogP contribution >= 0.6 is 11.3 Å². The number of hydrogen-bond donors (Lipinski definition) is 2. The van der Waals surface area contributed by atoms with E-state index >= 15 is 0 Å². The Morgan fingerprint density at radius 2 is 1.89 bits per heavy atom. The molecule has 7 nitrogen and oxygen atoms in total. The van der Waals surface area contributed by atoms with Gasteiger partial charge in [0.15, 0.2) is 0 Å². The number of fused-ring (bicyclic) bond motifs is 1. The summed E-state index contributed by atoms with van der Waals surface area (Å²) in [5, 5.41) is 14.0. The van der Waals surface area contributed by atoms with Crippen molar-refractivity contribution in [3.05, 3.63) is 72.3 Å². The van der Waals surface area contributed by atoms with Gasteiger partial charge < -0.3 is 10.4 Å². The van der Waals surface area contributed by atoms with E-state index in [2.05, 4.69) is 17.2 Å².